The van der Waals surface area contributed by atoms with Crippen LogP contribution in [0.25, 0.3) is 0 Å². The number of ether oxygens (including phenoxy) is 1. The molecule has 13 heavy (non-hydrogen) atoms. The first-order chi connectivity index (χ1) is 6.38. The van der Waals surface area contributed by atoms with Gasteiger partial charge in [0.25, 0.3) is 0 Å². The number of hydrogen-bond donors (Lipinski definition) is 0. The SMILES string of the molecule is ClC(c1ccccc1)C1CCOC1. The summed E-state index contributed by atoms with van der Waals surface area (Å²) in [6.45, 7) is 1.67. The molecule has 1 heterocycles. The monoisotopic (exact) mass is 196 g/mol. The predicted molar refractivity (Wildman–Crippen MR) is 54.0 cm³/mol. The van der Waals surface area contributed by atoms with Crippen molar-refractivity contribution in [3.63, 3.8) is 0 Å². The average Bonchev–Trinajstić information content (AvgIpc) is 2.71. The summed E-state index contributed by atoms with van der Waals surface area (Å²) in [7, 11) is 0. The van der Waals surface area contributed by atoms with Crippen LogP contribution in [0.3, 0.4) is 0 Å². The summed E-state index contributed by atoms with van der Waals surface area (Å²) in [5.74, 6) is 0.490. The first kappa shape index (κ1) is 9.04. The molecule has 0 saturated carbocycles. The highest BCUT2D eigenvalue weighted by Crippen LogP contribution is 2.33. The maximum Gasteiger partial charge on any atom is 0.0636 e. The van der Waals surface area contributed by atoms with Gasteiger partial charge in [-0.25, -0.2) is 0 Å². The van der Waals surface area contributed by atoms with Crippen LogP contribution in [0.4, 0.5) is 0 Å². The van der Waals surface area contributed by atoms with Crippen molar-refractivity contribution >= 4 is 11.6 Å². The van der Waals surface area contributed by atoms with Gasteiger partial charge in [0.2, 0.25) is 0 Å². The minimum Gasteiger partial charge on any atom is -0.381 e. The highest BCUT2D eigenvalue weighted by atomic mass is 35.5. The molecule has 1 nitrogen and oxygen atoms in total. The lowest BCUT2D eigenvalue weighted by Crippen LogP contribution is -2.07. The molecule has 1 fully saturated rings. The Bertz CT molecular complexity index is 254. The van der Waals surface area contributed by atoms with E-state index in [9.17, 15) is 0 Å². The van der Waals surface area contributed by atoms with Crippen molar-refractivity contribution in [1.82, 2.24) is 0 Å². The van der Waals surface area contributed by atoms with Crippen molar-refractivity contribution in [1.29, 1.82) is 0 Å². The number of hydrogen-bond acceptors (Lipinski definition) is 1. The van der Waals surface area contributed by atoms with E-state index in [0.29, 0.717) is 5.92 Å². The fraction of sp³-hybridized carbons (Fsp3) is 0.455. The van der Waals surface area contributed by atoms with Crippen molar-refractivity contribution in [3.05, 3.63) is 35.9 Å². The summed E-state index contributed by atoms with van der Waals surface area (Å²) in [6.07, 6.45) is 1.09. The largest absolute Gasteiger partial charge is 0.381 e. The number of benzene rings is 1. The van der Waals surface area contributed by atoms with E-state index in [1.54, 1.807) is 0 Å². The Morgan fingerprint density at radius 1 is 1.31 bits per heavy atom. The summed E-state index contributed by atoms with van der Waals surface area (Å²) in [6, 6.07) is 10.2. The second-order valence-electron chi connectivity index (χ2n) is 3.44. The lowest BCUT2D eigenvalue weighted by atomic mass is 9.98. The van der Waals surface area contributed by atoms with Crippen LogP contribution in [0.1, 0.15) is 17.4 Å². The third-order valence-corrected chi connectivity index (χ3v) is 3.11. The molecule has 1 aromatic carbocycles. The maximum atomic E-state index is 6.33. The van der Waals surface area contributed by atoms with Gasteiger partial charge in [0.15, 0.2) is 0 Å². The molecule has 0 aromatic heterocycles. The van der Waals surface area contributed by atoms with E-state index in [4.69, 9.17) is 16.3 Å². The molecular weight excluding hydrogens is 184 g/mol. The molecule has 1 aliphatic heterocycles. The lowest BCUT2D eigenvalue weighted by molar-refractivity contribution is 0.185. The molecule has 0 bridgehead atoms. The molecule has 0 spiro atoms. The summed E-state index contributed by atoms with van der Waals surface area (Å²) >= 11 is 6.33. The Hall–Kier alpha value is -0.530. The van der Waals surface area contributed by atoms with Crippen molar-refractivity contribution < 1.29 is 4.74 Å². The molecule has 2 rings (SSSR count). The standard InChI is InChI=1S/C11H13ClO/c12-11(10-6-7-13-8-10)9-4-2-1-3-5-9/h1-5,10-11H,6-8H2. The van der Waals surface area contributed by atoms with Gasteiger partial charge < -0.3 is 4.74 Å². The molecule has 0 aliphatic carbocycles. The molecule has 2 unspecified atom stereocenters. The highest BCUT2D eigenvalue weighted by molar-refractivity contribution is 6.21. The molecule has 1 aromatic rings. The fourth-order valence-corrected chi connectivity index (χ4v) is 2.04. The van der Waals surface area contributed by atoms with Crippen LogP contribution >= 0.6 is 11.6 Å². The van der Waals surface area contributed by atoms with Gasteiger partial charge in [0.05, 0.1) is 12.0 Å². The Morgan fingerprint density at radius 3 is 2.69 bits per heavy atom. The van der Waals surface area contributed by atoms with Gasteiger partial charge in [-0.1, -0.05) is 30.3 Å². The van der Waals surface area contributed by atoms with Gasteiger partial charge in [-0.2, -0.15) is 0 Å². The van der Waals surface area contributed by atoms with Crippen molar-refractivity contribution in [2.45, 2.75) is 11.8 Å². The maximum absolute atomic E-state index is 6.33. The molecule has 0 amide bonds. The fourth-order valence-electron chi connectivity index (χ4n) is 1.69. The summed E-state index contributed by atoms with van der Waals surface area (Å²) < 4.78 is 5.32. The molecule has 2 atom stereocenters. The summed E-state index contributed by atoms with van der Waals surface area (Å²) in [4.78, 5) is 0. The van der Waals surface area contributed by atoms with Crippen LogP contribution in [0, 0.1) is 5.92 Å². The van der Waals surface area contributed by atoms with Gasteiger partial charge in [0.1, 0.15) is 0 Å². The van der Waals surface area contributed by atoms with E-state index in [2.05, 4.69) is 12.1 Å². The Kier molecular flexibility index (Phi) is 2.87. The quantitative estimate of drug-likeness (QED) is 0.661. The minimum absolute atomic E-state index is 0.115. The van der Waals surface area contributed by atoms with Gasteiger partial charge >= 0.3 is 0 Å². The van der Waals surface area contributed by atoms with Crippen molar-refractivity contribution in [2.24, 2.45) is 5.92 Å². The lowest BCUT2D eigenvalue weighted by Gasteiger charge is -2.15. The van der Waals surface area contributed by atoms with Crippen LogP contribution < -0.4 is 0 Å². The number of alkyl halides is 1. The summed E-state index contributed by atoms with van der Waals surface area (Å²) in [5.41, 5.74) is 1.21. The Labute approximate surface area is 83.7 Å². The van der Waals surface area contributed by atoms with Crippen molar-refractivity contribution in [3.8, 4) is 0 Å². The average molecular weight is 197 g/mol. The zero-order valence-corrected chi connectivity index (χ0v) is 8.20. The zero-order valence-electron chi connectivity index (χ0n) is 7.45. The highest BCUT2D eigenvalue weighted by Gasteiger charge is 2.24. The number of rotatable bonds is 2. The molecule has 0 N–H and O–H groups in total. The van der Waals surface area contributed by atoms with Crippen molar-refractivity contribution in [2.75, 3.05) is 13.2 Å². The van der Waals surface area contributed by atoms with E-state index in [1.807, 2.05) is 18.2 Å². The molecule has 1 aliphatic rings. The molecule has 2 heteroatoms. The van der Waals surface area contributed by atoms with Gasteiger partial charge in [-0.05, 0) is 12.0 Å². The van der Waals surface area contributed by atoms with Crippen LogP contribution in [0.15, 0.2) is 30.3 Å². The van der Waals surface area contributed by atoms with E-state index >= 15 is 0 Å². The third-order valence-electron chi connectivity index (χ3n) is 2.50. The topological polar surface area (TPSA) is 9.23 Å². The van der Waals surface area contributed by atoms with E-state index in [1.165, 1.54) is 5.56 Å². The molecule has 0 radical (unpaired) electrons. The second kappa shape index (κ2) is 4.12. The van der Waals surface area contributed by atoms with E-state index in [0.717, 1.165) is 19.6 Å². The molecule has 70 valence electrons. The Morgan fingerprint density at radius 2 is 2.08 bits per heavy atom. The molecular formula is C11H13ClO. The first-order valence-electron chi connectivity index (χ1n) is 4.64. The van der Waals surface area contributed by atoms with Gasteiger partial charge in [-0.15, -0.1) is 11.6 Å². The van der Waals surface area contributed by atoms with Gasteiger partial charge in [0, 0.05) is 12.5 Å². The summed E-state index contributed by atoms with van der Waals surface area (Å²) in [5, 5.41) is 0.115. The van der Waals surface area contributed by atoms with E-state index < -0.39 is 0 Å². The third kappa shape index (κ3) is 2.04. The Balaban J connectivity index is 2.08. The van der Waals surface area contributed by atoms with Crippen LogP contribution in [-0.2, 0) is 4.74 Å². The van der Waals surface area contributed by atoms with Gasteiger partial charge in [-0.3, -0.25) is 0 Å². The minimum atomic E-state index is 0.115. The molecule has 1 saturated heterocycles. The van der Waals surface area contributed by atoms with E-state index in [-0.39, 0.29) is 5.38 Å². The van der Waals surface area contributed by atoms with Crippen LogP contribution in [0.5, 0.6) is 0 Å². The predicted octanol–water partition coefficient (Wildman–Crippen LogP) is 3.00. The van der Waals surface area contributed by atoms with Crippen LogP contribution in [0.2, 0.25) is 0 Å². The smallest absolute Gasteiger partial charge is 0.0636 e. The number of halogens is 1. The van der Waals surface area contributed by atoms with Crippen LogP contribution in [-0.4, -0.2) is 13.2 Å². The zero-order chi connectivity index (χ0) is 9.10. The first-order valence-corrected chi connectivity index (χ1v) is 5.08. The normalized spacial score (nSPS) is 24.5. The second-order valence-corrected chi connectivity index (χ2v) is 3.91.